The van der Waals surface area contributed by atoms with Crippen molar-refractivity contribution < 1.29 is 9.47 Å². The molecule has 0 aliphatic heterocycles. The van der Waals surface area contributed by atoms with Gasteiger partial charge in [0.05, 0.1) is 14.2 Å². The van der Waals surface area contributed by atoms with Gasteiger partial charge in [-0.1, -0.05) is 0 Å². The number of hydrogen-bond donors (Lipinski definition) is 2. The summed E-state index contributed by atoms with van der Waals surface area (Å²) in [5.74, 6) is 0.0107. The second-order valence-corrected chi connectivity index (χ2v) is 3.93. The van der Waals surface area contributed by atoms with E-state index < -0.39 is 0 Å². The van der Waals surface area contributed by atoms with Crippen molar-refractivity contribution in [2.24, 2.45) is 0 Å². The Morgan fingerprint density at radius 2 is 1.25 bits per heavy atom. The Morgan fingerprint density at radius 3 is 1.60 bits per heavy atom. The smallest absolute Gasteiger partial charge is 0.232 e. The molecule has 0 saturated heterocycles. The van der Waals surface area contributed by atoms with Gasteiger partial charge >= 0.3 is 0 Å². The van der Waals surface area contributed by atoms with E-state index >= 15 is 0 Å². The fraction of sp³-hybridized carbons (Fsp3) is 0.143. The Hall–Kier alpha value is -2.76. The summed E-state index contributed by atoms with van der Waals surface area (Å²) >= 11 is 0. The SMILES string of the molecule is COC(=N)c1cc(-c2ccnc(C(=N)OC)c2)ccn1. The number of hydrogen-bond acceptors (Lipinski definition) is 6. The number of methoxy groups -OCH3 is 2. The van der Waals surface area contributed by atoms with Gasteiger partial charge in [0.15, 0.2) is 0 Å². The molecule has 6 heteroatoms. The fourth-order valence-corrected chi connectivity index (χ4v) is 1.68. The van der Waals surface area contributed by atoms with Gasteiger partial charge in [-0.2, -0.15) is 0 Å². The van der Waals surface area contributed by atoms with Crippen molar-refractivity contribution in [3.63, 3.8) is 0 Å². The van der Waals surface area contributed by atoms with Gasteiger partial charge in [-0.05, 0) is 35.4 Å². The van der Waals surface area contributed by atoms with Gasteiger partial charge in [0.2, 0.25) is 11.8 Å². The van der Waals surface area contributed by atoms with Crippen molar-refractivity contribution in [3.8, 4) is 11.1 Å². The number of aromatic nitrogens is 2. The summed E-state index contributed by atoms with van der Waals surface area (Å²) in [6.45, 7) is 0. The molecule has 0 amide bonds. The predicted molar refractivity (Wildman–Crippen MR) is 75.1 cm³/mol. The molecule has 0 fully saturated rings. The lowest BCUT2D eigenvalue weighted by molar-refractivity contribution is 0.399. The standard InChI is InChI=1S/C14H14N4O2/c1-19-13(15)11-7-9(3-5-17-11)10-4-6-18-12(8-10)14(16)20-2/h3-8,15-16H,1-2H3. The van der Waals surface area contributed by atoms with Crippen LogP contribution in [0.25, 0.3) is 11.1 Å². The van der Waals surface area contributed by atoms with Gasteiger partial charge in [0.25, 0.3) is 0 Å². The first-order valence-electron chi connectivity index (χ1n) is 5.84. The van der Waals surface area contributed by atoms with Crippen LogP contribution in [0.15, 0.2) is 36.7 Å². The van der Waals surface area contributed by atoms with Gasteiger partial charge in [0, 0.05) is 12.4 Å². The van der Waals surface area contributed by atoms with Crippen molar-refractivity contribution >= 4 is 11.8 Å². The van der Waals surface area contributed by atoms with Crippen LogP contribution in [0.1, 0.15) is 11.4 Å². The van der Waals surface area contributed by atoms with Crippen molar-refractivity contribution in [1.82, 2.24) is 9.97 Å². The van der Waals surface area contributed by atoms with E-state index in [1.54, 1.807) is 24.5 Å². The molecule has 0 saturated carbocycles. The van der Waals surface area contributed by atoms with Crippen molar-refractivity contribution in [2.45, 2.75) is 0 Å². The number of nitrogens with zero attached hydrogens (tertiary/aromatic N) is 2. The van der Waals surface area contributed by atoms with E-state index in [4.69, 9.17) is 20.3 Å². The zero-order valence-electron chi connectivity index (χ0n) is 11.2. The zero-order chi connectivity index (χ0) is 14.5. The van der Waals surface area contributed by atoms with Gasteiger partial charge in [-0.25, -0.2) is 0 Å². The van der Waals surface area contributed by atoms with Gasteiger partial charge in [-0.3, -0.25) is 20.8 Å². The third-order valence-corrected chi connectivity index (χ3v) is 2.73. The fourth-order valence-electron chi connectivity index (χ4n) is 1.68. The highest BCUT2D eigenvalue weighted by Gasteiger charge is 2.08. The molecule has 0 bridgehead atoms. The highest BCUT2D eigenvalue weighted by Crippen LogP contribution is 2.20. The Bertz CT molecular complexity index is 598. The third-order valence-electron chi connectivity index (χ3n) is 2.73. The van der Waals surface area contributed by atoms with Gasteiger partial charge in [-0.15, -0.1) is 0 Å². The monoisotopic (exact) mass is 270 g/mol. The normalized spacial score (nSPS) is 9.90. The highest BCUT2D eigenvalue weighted by atomic mass is 16.5. The molecule has 20 heavy (non-hydrogen) atoms. The lowest BCUT2D eigenvalue weighted by atomic mass is 10.1. The first-order chi connectivity index (χ1) is 9.65. The molecule has 6 nitrogen and oxygen atoms in total. The van der Waals surface area contributed by atoms with E-state index in [2.05, 4.69) is 9.97 Å². The Labute approximate surface area is 116 Å². The summed E-state index contributed by atoms with van der Waals surface area (Å²) in [5.41, 5.74) is 2.63. The van der Waals surface area contributed by atoms with Gasteiger partial charge < -0.3 is 9.47 Å². The second-order valence-electron chi connectivity index (χ2n) is 3.93. The Morgan fingerprint density at radius 1 is 0.850 bits per heavy atom. The van der Waals surface area contributed by atoms with Crippen LogP contribution in [-0.2, 0) is 9.47 Å². The minimum atomic E-state index is 0.00534. The number of nitrogens with one attached hydrogen (secondary N) is 2. The summed E-state index contributed by atoms with van der Waals surface area (Å²) in [7, 11) is 2.86. The molecule has 0 spiro atoms. The van der Waals surface area contributed by atoms with Crippen LogP contribution in [-0.4, -0.2) is 36.0 Å². The van der Waals surface area contributed by atoms with Crippen LogP contribution >= 0.6 is 0 Å². The van der Waals surface area contributed by atoms with E-state index in [9.17, 15) is 0 Å². The van der Waals surface area contributed by atoms with Crippen molar-refractivity contribution in [2.75, 3.05) is 14.2 Å². The molecule has 102 valence electrons. The zero-order valence-corrected chi connectivity index (χ0v) is 11.2. The van der Waals surface area contributed by atoms with Crippen LogP contribution in [0.3, 0.4) is 0 Å². The third kappa shape index (κ3) is 2.80. The predicted octanol–water partition coefficient (Wildman–Crippen LogP) is 2.09. The van der Waals surface area contributed by atoms with E-state index in [0.717, 1.165) is 11.1 Å². The van der Waals surface area contributed by atoms with Crippen LogP contribution < -0.4 is 0 Å². The average Bonchev–Trinajstić information content (AvgIpc) is 2.53. The molecule has 0 aliphatic carbocycles. The van der Waals surface area contributed by atoms with E-state index in [-0.39, 0.29) is 11.8 Å². The molecular formula is C14H14N4O2. The van der Waals surface area contributed by atoms with Crippen molar-refractivity contribution in [1.29, 1.82) is 10.8 Å². The summed E-state index contributed by atoms with van der Waals surface area (Å²) in [4.78, 5) is 8.15. The number of rotatable bonds is 3. The second kappa shape index (κ2) is 5.92. The summed E-state index contributed by atoms with van der Waals surface area (Å²) in [6.07, 6.45) is 3.22. The van der Waals surface area contributed by atoms with Gasteiger partial charge in [0.1, 0.15) is 11.4 Å². The van der Waals surface area contributed by atoms with Crippen molar-refractivity contribution in [3.05, 3.63) is 48.0 Å². The molecule has 2 N–H and O–H groups in total. The van der Waals surface area contributed by atoms with Crippen LogP contribution in [0, 0.1) is 10.8 Å². The molecule has 0 radical (unpaired) electrons. The molecule has 0 aromatic carbocycles. The summed E-state index contributed by atoms with van der Waals surface area (Å²) < 4.78 is 9.72. The maximum Gasteiger partial charge on any atom is 0.232 e. The number of pyridine rings is 2. The van der Waals surface area contributed by atoms with Crippen LogP contribution in [0.2, 0.25) is 0 Å². The number of ether oxygens (including phenoxy) is 2. The van der Waals surface area contributed by atoms with E-state index in [0.29, 0.717) is 11.4 Å². The molecule has 0 unspecified atom stereocenters. The Kier molecular flexibility index (Phi) is 4.05. The summed E-state index contributed by atoms with van der Waals surface area (Å²) in [5, 5.41) is 15.3. The molecule has 2 rings (SSSR count). The highest BCUT2D eigenvalue weighted by molar-refractivity contribution is 5.92. The average molecular weight is 270 g/mol. The Balaban J connectivity index is 2.41. The lowest BCUT2D eigenvalue weighted by Gasteiger charge is -2.07. The van der Waals surface area contributed by atoms with E-state index in [1.807, 2.05) is 12.1 Å². The minimum Gasteiger partial charge on any atom is -0.480 e. The first-order valence-corrected chi connectivity index (χ1v) is 5.84. The van der Waals surface area contributed by atoms with Crippen LogP contribution in [0.5, 0.6) is 0 Å². The topological polar surface area (TPSA) is 91.9 Å². The molecule has 0 atom stereocenters. The summed E-state index contributed by atoms with van der Waals surface area (Å²) in [6, 6.07) is 7.15. The van der Waals surface area contributed by atoms with E-state index in [1.165, 1.54) is 14.2 Å². The molecular weight excluding hydrogens is 256 g/mol. The largest absolute Gasteiger partial charge is 0.480 e. The maximum absolute atomic E-state index is 7.63. The lowest BCUT2D eigenvalue weighted by Crippen LogP contribution is -2.05. The maximum atomic E-state index is 7.63. The molecule has 2 heterocycles. The quantitative estimate of drug-likeness (QED) is 0.659. The minimum absolute atomic E-state index is 0.00534. The molecule has 0 aliphatic rings. The first kappa shape index (κ1) is 13.7. The molecule has 2 aromatic heterocycles. The van der Waals surface area contributed by atoms with Crippen LogP contribution in [0.4, 0.5) is 0 Å². The molecule has 2 aromatic rings.